The van der Waals surface area contributed by atoms with Gasteiger partial charge >= 0.3 is 0 Å². The predicted octanol–water partition coefficient (Wildman–Crippen LogP) is 0.713. The molecule has 20 heavy (non-hydrogen) atoms. The Morgan fingerprint density at radius 2 is 2.00 bits per heavy atom. The number of carbonyl (C=O) groups is 3. The van der Waals surface area contributed by atoms with Crippen LogP contribution in [0.4, 0.5) is 0 Å². The van der Waals surface area contributed by atoms with Crippen molar-refractivity contribution in [2.45, 2.75) is 12.7 Å². The number of carbonyl (C=O) groups excluding carboxylic acids is 3. The molecule has 0 spiro atoms. The zero-order valence-electron chi connectivity index (χ0n) is 11.2. The molecule has 0 atom stereocenters. The summed E-state index contributed by atoms with van der Waals surface area (Å²) in [5, 5.41) is 2.17. The molecule has 0 aliphatic carbocycles. The van der Waals surface area contributed by atoms with E-state index in [-0.39, 0.29) is 24.7 Å². The first-order valence-corrected chi connectivity index (χ1v) is 7.44. The van der Waals surface area contributed by atoms with Gasteiger partial charge in [0.25, 0.3) is 0 Å². The fourth-order valence-electron chi connectivity index (χ4n) is 1.96. The molecule has 0 unspecified atom stereocenters. The van der Waals surface area contributed by atoms with Crippen molar-refractivity contribution in [1.29, 1.82) is 0 Å². The van der Waals surface area contributed by atoms with Gasteiger partial charge < -0.3 is 4.90 Å². The lowest BCUT2D eigenvalue weighted by Crippen LogP contribution is -2.53. The second kappa shape index (κ2) is 6.56. The average Bonchev–Trinajstić information content (AvgIpc) is 2.37. The van der Waals surface area contributed by atoms with Gasteiger partial charge in [-0.1, -0.05) is 29.8 Å². The minimum atomic E-state index is -0.418. The van der Waals surface area contributed by atoms with Crippen LogP contribution in [-0.2, 0) is 20.1 Å². The van der Waals surface area contributed by atoms with Crippen molar-refractivity contribution in [2.75, 3.05) is 18.8 Å². The van der Waals surface area contributed by atoms with Gasteiger partial charge in [0.2, 0.25) is 17.7 Å². The summed E-state index contributed by atoms with van der Waals surface area (Å²) >= 11 is 1.49. The van der Waals surface area contributed by atoms with Crippen molar-refractivity contribution < 1.29 is 14.4 Å². The first-order chi connectivity index (χ1) is 9.54. The molecule has 0 radical (unpaired) electrons. The molecular weight excluding hydrogens is 276 g/mol. The molecule has 1 heterocycles. The number of piperazine rings is 1. The van der Waals surface area contributed by atoms with Crippen LogP contribution in [0.15, 0.2) is 24.3 Å². The quantitative estimate of drug-likeness (QED) is 0.830. The number of amides is 3. The Balaban J connectivity index is 1.80. The third kappa shape index (κ3) is 4.09. The molecule has 1 fully saturated rings. The van der Waals surface area contributed by atoms with Crippen LogP contribution >= 0.6 is 11.8 Å². The largest absolute Gasteiger partial charge is 0.323 e. The standard InChI is InChI=1S/C14H16N2O3S/c1-10-3-2-4-11(5-10)8-20-9-14(19)16-6-12(17)15-13(18)7-16/h2-5H,6-9H2,1H3,(H,15,17,18). The maximum Gasteiger partial charge on any atom is 0.246 e. The van der Waals surface area contributed by atoms with Gasteiger partial charge in [-0.2, -0.15) is 0 Å². The second-order valence-corrected chi connectivity index (χ2v) is 5.69. The molecule has 6 heteroatoms. The van der Waals surface area contributed by atoms with Crippen molar-refractivity contribution in [1.82, 2.24) is 10.2 Å². The van der Waals surface area contributed by atoms with Crippen molar-refractivity contribution in [3.05, 3.63) is 35.4 Å². The molecule has 0 saturated carbocycles. The number of benzene rings is 1. The average molecular weight is 292 g/mol. The van der Waals surface area contributed by atoms with Crippen LogP contribution in [-0.4, -0.2) is 41.5 Å². The van der Waals surface area contributed by atoms with E-state index < -0.39 is 11.8 Å². The maximum absolute atomic E-state index is 11.9. The number of nitrogens with zero attached hydrogens (tertiary/aromatic N) is 1. The second-order valence-electron chi connectivity index (χ2n) is 4.70. The molecule has 5 nitrogen and oxygen atoms in total. The Morgan fingerprint density at radius 3 is 2.65 bits per heavy atom. The Labute approximate surface area is 121 Å². The van der Waals surface area contributed by atoms with Crippen LogP contribution in [0.2, 0.25) is 0 Å². The molecule has 1 saturated heterocycles. The van der Waals surface area contributed by atoms with Crippen molar-refractivity contribution in [2.24, 2.45) is 0 Å². The monoisotopic (exact) mass is 292 g/mol. The highest BCUT2D eigenvalue weighted by Gasteiger charge is 2.25. The van der Waals surface area contributed by atoms with Crippen LogP contribution in [0.1, 0.15) is 11.1 Å². The molecule has 3 amide bonds. The maximum atomic E-state index is 11.9. The van der Waals surface area contributed by atoms with Crippen molar-refractivity contribution in [3.8, 4) is 0 Å². The first kappa shape index (κ1) is 14.6. The number of thioether (sulfide) groups is 1. The van der Waals surface area contributed by atoms with Gasteiger partial charge in [0.15, 0.2) is 0 Å². The van der Waals surface area contributed by atoms with Crippen molar-refractivity contribution in [3.63, 3.8) is 0 Å². The highest BCUT2D eigenvalue weighted by atomic mass is 32.2. The van der Waals surface area contributed by atoms with E-state index in [2.05, 4.69) is 11.4 Å². The molecule has 1 aromatic carbocycles. The molecule has 0 bridgehead atoms. The van der Waals surface area contributed by atoms with Crippen LogP contribution < -0.4 is 5.32 Å². The number of rotatable bonds is 4. The van der Waals surface area contributed by atoms with Crippen LogP contribution in [0, 0.1) is 6.92 Å². The lowest BCUT2D eigenvalue weighted by molar-refractivity contribution is -0.144. The number of imide groups is 1. The number of hydrogen-bond donors (Lipinski definition) is 1. The van der Waals surface area contributed by atoms with Gasteiger partial charge in [-0.25, -0.2) is 0 Å². The Morgan fingerprint density at radius 1 is 1.30 bits per heavy atom. The van der Waals surface area contributed by atoms with Gasteiger partial charge in [-0.15, -0.1) is 11.8 Å². The summed E-state index contributed by atoms with van der Waals surface area (Å²) in [6, 6.07) is 8.11. The number of aryl methyl sites for hydroxylation is 1. The molecule has 106 valence electrons. The zero-order chi connectivity index (χ0) is 14.5. The van der Waals surface area contributed by atoms with E-state index in [1.807, 2.05) is 25.1 Å². The summed E-state index contributed by atoms with van der Waals surface area (Å²) in [6.07, 6.45) is 0. The number of hydrogen-bond acceptors (Lipinski definition) is 4. The Hall–Kier alpha value is -1.82. The minimum absolute atomic E-state index is 0.0322. The van der Waals surface area contributed by atoms with Gasteiger partial charge in [-0.05, 0) is 12.5 Å². The lowest BCUT2D eigenvalue weighted by atomic mass is 10.2. The molecule has 1 aliphatic rings. The third-order valence-electron chi connectivity index (χ3n) is 2.88. The molecule has 1 N–H and O–H groups in total. The minimum Gasteiger partial charge on any atom is -0.323 e. The van der Waals surface area contributed by atoms with E-state index in [1.165, 1.54) is 22.2 Å². The highest BCUT2D eigenvalue weighted by molar-refractivity contribution is 7.99. The normalized spacial score (nSPS) is 15.2. The molecule has 0 aromatic heterocycles. The molecule has 1 aromatic rings. The first-order valence-electron chi connectivity index (χ1n) is 6.28. The van der Waals surface area contributed by atoms with Gasteiger partial charge in [0.1, 0.15) is 13.1 Å². The van der Waals surface area contributed by atoms with Crippen LogP contribution in [0.3, 0.4) is 0 Å². The summed E-state index contributed by atoms with van der Waals surface area (Å²) in [4.78, 5) is 35.6. The highest BCUT2D eigenvalue weighted by Crippen LogP contribution is 2.14. The topological polar surface area (TPSA) is 66.5 Å². The van der Waals surface area contributed by atoms with E-state index in [0.29, 0.717) is 0 Å². The van der Waals surface area contributed by atoms with E-state index >= 15 is 0 Å². The summed E-state index contributed by atoms with van der Waals surface area (Å²) < 4.78 is 0. The van der Waals surface area contributed by atoms with Gasteiger partial charge in [0, 0.05) is 5.75 Å². The van der Waals surface area contributed by atoms with Crippen molar-refractivity contribution >= 4 is 29.5 Å². The van der Waals surface area contributed by atoms with E-state index in [1.54, 1.807) is 0 Å². The van der Waals surface area contributed by atoms with E-state index in [9.17, 15) is 14.4 Å². The fraction of sp³-hybridized carbons (Fsp3) is 0.357. The van der Waals surface area contributed by atoms with E-state index in [0.717, 1.165) is 11.3 Å². The summed E-state index contributed by atoms with van der Waals surface area (Å²) in [6.45, 7) is 1.96. The third-order valence-corrected chi connectivity index (χ3v) is 3.87. The van der Waals surface area contributed by atoms with Gasteiger partial charge in [-0.3, -0.25) is 19.7 Å². The fourth-order valence-corrected chi connectivity index (χ4v) is 2.84. The van der Waals surface area contributed by atoms with E-state index in [4.69, 9.17) is 0 Å². The van der Waals surface area contributed by atoms with Crippen LogP contribution in [0.5, 0.6) is 0 Å². The molecule has 1 aliphatic heterocycles. The Kier molecular flexibility index (Phi) is 4.79. The summed E-state index contributed by atoms with van der Waals surface area (Å²) in [5.41, 5.74) is 2.35. The summed E-state index contributed by atoms with van der Waals surface area (Å²) in [7, 11) is 0. The zero-order valence-corrected chi connectivity index (χ0v) is 12.0. The SMILES string of the molecule is Cc1cccc(CSCC(=O)N2CC(=O)NC(=O)C2)c1. The lowest BCUT2D eigenvalue weighted by Gasteiger charge is -2.25. The number of nitrogens with one attached hydrogen (secondary N) is 1. The Bertz CT molecular complexity index is 529. The predicted molar refractivity (Wildman–Crippen MR) is 77.1 cm³/mol. The smallest absolute Gasteiger partial charge is 0.246 e. The molecule has 2 rings (SSSR count). The van der Waals surface area contributed by atoms with Gasteiger partial charge in [0.05, 0.1) is 5.75 Å². The van der Waals surface area contributed by atoms with Crippen LogP contribution in [0.25, 0.3) is 0 Å². The summed E-state index contributed by atoms with van der Waals surface area (Å²) in [5.74, 6) is -0.00182. The molecular formula is C14H16N2O3S.